The Morgan fingerprint density at radius 2 is 2.15 bits per heavy atom. The Morgan fingerprint density at radius 1 is 1.45 bits per heavy atom. The number of aromatic nitrogens is 1. The molecule has 1 saturated carbocycles. The molecular formula is C15H14FNO3. The van der Waals surface area contributed by atoms with Crippen LogP contribution in [-0.4, -0.2) is 15.6 Å². The van der Waals surface area contributed by atoms with E-state index < -0.39 is 17.2 Å². The van der Waals surface area contributed by atoms with E-state index in [1.165, 1.54) is 6.20 Å². The van der Waals surface area contributed by atoms with Crippen LogP contribution in [0, 0.1) is 18.7 Å². The Bertz CT molecular complexity index is 775. The highest BCUT2D eigenvalue weighted by molar-refractivity contribution is 5.92. The molecule has 0 amide bonds. The molecule has 20 heavy (non-hydrogen) atoms. The summed E-state index contributed by atoms with van der Waals surface area (Å²) in [5.74, 6) is -1.25. The van der Waals surface area contributed by atoms with Gasteiger partial charge in [0, 0.05) is 18.1 Å². The number of hydrogen-bond acceptors (Lipinski definition) is 2. The van der Waals surface area contributed by atoms with Crippen molar-refractivity contribution in [3.8, 4) is 0 Å². The third-order valence-corrected chi connectivity index (χ3v) is 3.74. The molecule has 0 unspecified atom stereocenters. The van der Waals surface area contributed by atoms with E-state index >= 15 is 0 Å². The number of carbonyl (C=O) groups is 1. The highest BCUT2D eigenvalue weighted by atomic mass is 19.1. The monoisotopic (exact) mass is 275 g/mol. The number of carboxylic acid groups (broad SMARTS) is 1. The van der Waals surface area contributed by atoms with Gasteiger partial charge in [-0.3, -0.25) is 4.79 Å². The first-order valence-electron chi connectivity index (χ1n) is 6.54. The number of carboxylic acids is 1. The summed E-state index contributed by atoms with van der Waals surface area (Å²) in [6, 6.07) is 2.75. The lowest BCUT2D eigenvalue weighted by Gasteiger charge is -2.12. The molecule has 0 aliphatic heterocycles. The first-order valence-corrected chi connectivity index (χ1v) is 6.54. The Hall–Kier alpha value is -2.17. The SMILES string of the molecule is Cc1cc2c(cc1F)c(=O)c(C(=O)O)cn2CC1CC1. The zero-order valence-corrected chi connectivity index (χ0v) is 11.0. The minimum absolute atomic E-state index is 0.133. The second-order valence-corrected chi connectivity index (χ2v) is 5.39. The highest BCUT2D eigenvalue weighted by Crippen LogP contribution is 2.31. The molecule has 1 N–H and O–H groups in total. The number of halogens is 1. The molecule has 1 fully saturated rings. The minimum Gasteiger partial charge on any atom is -0.477 e. The van der Waals surface area contributed by atoms with Gasteiger partial charge in [0.1, 0.15) is 11.4 Å². The fourth-order valence-electron chi connectivity index (χ4n) is 2.40. The summed E-state index contributed by atoms with van der Waals surface area (Å²) in [6.45, 7) is 2.30. The molecule has 1 aromatic carbocycles. The van der Waals surface area contributed by atoms with Crippen LogP contribution in [0.1, 0.15) is 28.8 Å². The van der Waals surface area contributed by atoms with Crippen LogP contribution in [0.3, 0.4) is 0 Å². The fraction of sp³-hybridized carbons (Fsp3) is 0.333. The molecule has 0 bridgehead atoms. The lowest BCUT2D eigenvalue weighted by molar-refractivity contribution is 0.0694. The summed E-state index contributed by atoms with van der Waals surface area (Å²) in [7, 11) is 0. The van der Waals surface area contributed by atoms with Crippen molar-refractivity contribution in [1.29, 1.82) is 0 Å². The van der Waals surface area contributed by atoms with Crippen LogP contribution in [0.4, 0.5) is 4.39 Å². The number of rotatable bonds is 3. The molecule has 0 saturated heterocycles. The van der Waals surface area contributed by atoms with Crippen molar-refractivity contribution in [2.45, 2.75) is 26.3 Å². The van der Waals surface area contributed by atoms with Crippen molar-refractivity contribution in [1.82, 2.24) is 4.57 Å². The van der Waals surface area contributed by atoms with Crippen LogP contribution < -0.4 is 5.43 Å². The number of pyridine rings is 1. The van der Waals surface area contributed by atoms with E-state index in [4.69, 9.17) is 5.11 Å². The largest absolute Gasteiger partial charge is 0.477 e. The molecule has 0 atom stereocenters. The maximum Gasteiger partial charge on any atom is 0.341 e. The number of aromatic carboxylic acids is 1. The van der Waals surface area contributed by atoms with E-state index in [1.54, 1.807) is 17.6 Å². The number of benzene rings is 1. The molecule has 1 heterocycles. The van der Waals surface area contributed by atoms with Gasteiger partial charge in [-0.25, -0.2) is 9.18 Å². The maximum absolute atomic E-state index is 13.7. The Balaban J connectivity index is 2.34. The average molecular weight is 275 g/mol. The van der Waals surface area contributed by atoms with Crippen molar-refractivity contribution in [3.05, 3.63) is 45.5 Å². The highest BCUT2D eigenvalue weighted by Gasteiger charge is 2.24. The first kappa shape index (κ1) is 12.8. The van der Waals surface area contributed by atoms with Gasteiger partial charge in [-0.15, -0.1) is 0 Å². The summed E-state index contributed by atoms with van der Waals surface area (Å²) >= 11 is 0. The Kier molecular flexibility index (Phi) is 2.85. The fourth-order valence-corrected chi connectivity index (χ4v) is 2.40. The van der Waals surface area contributed by atoms with Gasteiger partial charge in [0.2, 0.25) is 5.43 Å². The lowest BCUT2D eigenvalue weighted by Crippen LogP contribution is -2.19. The summed E-state index contributed by atoms with van der Waals surface area (Å²) in [4.78, 5) is 23.3. The van der Waals surface area contributed by atoms with Crippen molar-refractivity contribution in [2.75, 3.05) is 0 Å². The molecule has 5 heteroatoms. The molecule has 1 aromatic heterocycles. The van der Waals surface area contributed by atoms with Crippen LogP contribution in [-0.2, 0) is 6.54 Å². The number of hydrogen-bond donors (Lipinski definition) is 1. The van der Waals surface area contributed by atoms with Crippen molar-refractivity contribution in [3.63, 3.8) is 0 Å². The van der Waals surface area contributed by atoms with Gasteiger partial charge in [-0.1, -0.05) is 0 Å². The van der Waals surface area contributed by atoms with Crippen LogP contribution in [0.25, 0.3) is 10.9 Å². The van der Waals surface area contributed by atoms with E-state index in [2.05, 4.69) is 0 Å². The van der Waals surface area contributed by atoms with Gasteiger partial charge < -0.3 is 9.67 Å². The van der Waals surface area contributed by atoms with Crippen LogP contribution >= 0.6 is 0 Å². The Morgan fingerprint density at radius 3 is 2.75 bits per heavy atom. The van der Waals surface area contributed by atoms with E-state index in [1.807, 2.05) is 0 Å². The van der Waals surface area contributed by atoms with Crippen LogP contribution in [0.5, 0.6) is 0 Å². The van der Waals surface area contributed by atoms with E-state index in [-0.39, 0.29) is 10.9 Å². The summed E-state index contributed by atoms with van der Waals surface area (Å²) in [5.41, 5.74) is 0.121. The van der Waals surface area contributed by atoms with Gasteiger partial charge in [-0.2, -0.15) is 0 Å². The maximum atomic E-state index is 13.7. The van der Waals surface area contributed by atoms with Crippen molar-refractivity contribution >= 4 is 16.9 Å². The number of fused-ring (bicyclic) bond motifs is 1. The summed E-state index contributed by atoms with van der Waals surface area (Å²) in [6.07, 6.45) is 3.59. The summed E-state index contributed by atoms with van der Waals surface area (Å²) < 4.78 is 15.4. The number of nitrogens with zero attached hydrogens (tertiary/aromatic N) is 1. The molecule has 4 nitrogen and oxygen atoms in total. The van der Waals surface area contributed by atoms with Gasteiger partial charge in [-0.05, 0) is 43.4 Å². The Labute approximate surface area is 114 Å². The molecule has 1 aliphatic rings. The standard InChI is InChI=1S/C15H14FNO3/c1-8-4-13-10(5-12(8)16)14(18)11(15(19)20)7-17(13)6-9-2-3-9/h4-5,7,9H,2-3,6H2,1H3,(H,19,20). The second kappa shape index (κ2) is 4.44. The van der Waals surface area contributed by atoms with Gasteiger partial charge in [0.15, 0.2) is 0 Å². The van der Waals surface area contributed by atoms with Gasteiger partial charge in [0.25, 0.3) is 0 Å². The van der Waals surface area contributed by atoms with Gasteiger partial charge >= 0.3 is 5.97 Å². The average Bonchev–Trinajstić information content (AvgIpc) is 3.19. The zero-order valence-electron chi connectivity index (χ0n) is 11.0. The topological polar surface area (TPSA) is 59.3 Å². The predicted octanol–water partition coefficient (Wildman–Crippen LogP) is 2.56. The predicted molar refractivity (Wildman–Crippen MR) is 72.6 cm³/mol. The quantitative estimate of drug-likeness (QED) is 0.936. The lowest BCUT2D eigenvalue weighted by atomic mass is 10.1. The second-order valence-electron chi connectivity index (χ2n) is 5.39. The number of aryl methyl sites for hydroxylation is 1. The first-order chi connectivity index (χ1) is 9.47. The van der Waals surface area contributed by atoms with Crippen LogP contribution in [0.2, 0.25) is 0 Å². The third kappa shape index (κ3) is 2.09. The van der Waals surface area contributed by atoms with Crippen molar-refractivity contribution in [2.24, 2.45) is 5.92 Å². The molecule has 0 radical (unpaired) electrons. The minimum atomic E-state index is -1.28. The van der Waals surface area contributed by atoms with Crippen LogP contribution in [0.15, 0.2) is 23.1 Å². The zero-order chi connectivity index (χ0) is 14.4. The van der Waals surface area contributed by atoms with E-state index in [0.717, 1.165) is 18.9 Å². The third-order valence-electron chi connectivity index (χ3n) is 3.74. The summed E-state index contributed by atoms with van der Waals surface area (Å²) in [5, 5.41) is 9.25. The normalized spacial score (nSPS) is 14.7. The van der Waals surface area contributed by atoms with Gasteiger partial charge in [0.05, 0.1) is 5.52 Å². The van der Waals surface area contributed by atoms with E-state index in [0.29, 0.717) is 23.5 Å². The molecule has 2 aromatic rings. The van der Waals surface area contributed by atoms with Crippen molar-refractivity contribution < 1.29 is 14.3 Å². The molecule has 1 aliphatic carbocycles. The smallest absolute Gasteiger partial charge is 0.341 e. The molecular weight excluding hydrogens is 261 g/mol. The molecule has 104 valence electrons. The molecule has 0 spiro atoms. The van der Waals surface area contributed by atoms with E-state index in [9.17, 15) is 14.0 Å². The molecule has 3 rings (SSSR count).